The Hall–Kier alpha value is -3.34. The number of nitrogens with one attached hydrogen (secondary N) is 2. The van der Waals surface area contributed by atoms with Crippen LogP contribution in [0.1, 0.15) is 18.1 Å². The van der Waals surface area contributed by atoms with Crippen LogP contribution in [0, 0.1) is 6.92 Å². The van der Waals surface area contributed by atoms with Gasteiger partial charge in [0.05, 0.1) is 12.8 Å². The number of urea groups is 1. The molecule has 132 valence electrons. The van der Waals surface area contributed by atoms with Crippen molar-refractivity contribution in [2.45, 2.75) is 13.8 Å². The third-order valence-corrected chi connectivity index (χ3v) is 3.98. The fraction of sp³-hybridized carbons (Fsp3) is 0.143. The number of rotatable bonds is 5. The average Bonchev–Trinajstić information content (AvgIpc) is 2.65. The van der Waals surface area contributed by atoms with E-state index in [1.807, 2.05) is 74.5 Å². The fourth-order valence-electron chi connectivity index (χ4n) is 2.71. The SMILES string of the molecule is CCOc1ccc(C=NNC(=O)Nc2ccccc2C)c2ccccc12. The molecule has 0 spiro atoms. The number of hydrogen-bond acceptors (Lipinski definition) is 3. The number of para-hydroxylation sites is 1. The van der Waals surface area contributed by atoms with Crippen molar-refractivity contribution in [1.29, 1.82) is 0 Å². The first-order chi connectivity index (χ1) is 12.7. The van der Waals surface area contributed by atoms with Crippen molar-refractivity contribution in [1.82, 2.24) is 5.43 Å². The number of fused-ring (bicyclic) bond motifs is 1. The van der Waals surface area contributed by atoms with Gasteiger partial charge in [-0.3, -0.25) is 0 Å². The maximum Gasteiger partial charge on any atom is 0.339 e. The molecule has 5 heteroatoms. The molecule has 0 atom stereocenters. The summed E-state index contributed by atoms with van der Waals surface area (Å²) in [6.07, 6.45) is 1.63. The van der Waals surface area contributed by atoms with Crippen LogP contribution < -0.4 is 15.5 Å². The van der Waals surface area contributed by atoms with E-state index in [-0.39, 0.29) is 6.03 Å². The summed E-state index contributed by atoms with van der Waals surface area (Å²) in [7, 11) is 0. The Morgan fingerprint density at radius 2 is 1.77 bits per heavy atom. The van der Waals surface area contributed by atoms with Crippen LogP contribution in [-0.4, -0.2) is 18.9 Å². The highest BCUT2D eigenvalue weighted by Crippen LogP contribution is 2.27. The van der Waals surface area contributed by atoms with Crippen LogP contribution in [0.15, 0.2) is 65.8 Å². The second kappa shape index (κ2) is 8.16. The molecule has 0 aliphatic rings. The van der Waals surface area contributed by atoms with Gasteiger partial charge in [0, 0.05) is 16.6 Å². The Kier molecular flexibility index (Phi) is 5.49. The first kappa shape index (κ1) is 17.5. The molecule has 0 fully saturated rings. The number of nitrogens with zero attached hydrogens (tertiary/aromatic N) is 1. The molecule has 0 heterocycles. The quantitative estimate of drug-likeness (QED) is 0.519. The number of hydrazone groups is 1. The second-order valence-corrected chi connectivity index (χ2v) is 5.77. The molecule has 0 aromatic heterocycles. The minimum atomic E-state index is -0.384. The first-order valence-corrected chi connectivity index (χ1v) is 8.49. The topological polar surface area (TPSA) is 62.7 Å². The number of carbonyl (C=O) groups is 1. The van der Waals surface area contributed by atoms with E-state index >= 15 is 0 Å². The van der Waals surface area contributed by atoms with Gasteiger partial charge in [-0.1, -0.05) is 42.5 Å². The molecule has 5 nitrogen and oxygen atoms in total. The lowest BCUT2D eigenvalue weighted by molar-refractivity contribution is 0.252. The number of carbonyl (C=O) groups excluding carboxylic acids is 1. The van der Waals surface area contributed by atoms with E-state index in [0.29, 0.717) is 6.61 Å². The van der Waals surface area contributed by atoms with Crippen LogP contribution in [0.4, 0.5) is 10.5 Å². The second-order valence-electron chi connectivity index (χ2n) is 5.77. The van der Waals surface area contributed by atoms with Gasteiger partial charge in [-0.05, 0) is 43.0 Å². The minimum Gasteiger partial charge on any atom is -0.493 e. The molecule has 0 saturated carbocycles. The molecule has 2 N–H and O–H groups in total. The van der Waals surface area contributed by atoms with Crippen LogP contribution in [0.25, 0.3) is 10.8 Å². The monoisotopic (exact) mass is 347 g/mol. The lowest BCUT2D eigenvalue weighted by Gasteiger charge is -2.09. The van der Waals surface area contributed by atoms with E-state index in [0.717, 1.165) is 33.3 Å². The number of hydrogen-bond donors (Lipinski definition) is 2. The summed E-state index contributed by atoms with van der Waals surface area (Å²) in [4.78, 5) is 12.0. The molecule has 0 aliphatic heterocycles. The van der Waals surface area contributed by atoms with Crippen molar-refractivity contribution in [3.63, 3.8) is 0 Å². The molecule has 3 rings (SSSR count). The van der Waals surface area contributed by atoms with E-state index in [2.05, 4.69) is 15.8 Å². The summed E-state index contributed by atoms with van der Waals surface area (Å²) in [5, 5.41) is 8.87. The van der Waals surface area contributed by atoms with Gasteiger partial charge in [0.1, 0.15) is 5.75 Å². The normalized spacial score (nSPS) is 10.8. The predicted octanol–water partition coefficient (Wildman–Crippen LogP) is 4.70. The molecule has 2 amide bonds. The zero-order chi connectivity index (χ0) is 18.4. The number of amides is 2. The van der Waals surface area contributed by atoms with Crippen molar-refractivity contribution in [3.05, 3.63) is 71.8 Å². The minimum absolute atomic E-state index is 0.384. The number of aryl methyl sites for hydroxylation is 1. The Labute approximate surface area is 152 Å². The average molecular weight is 347 g/mol. The van der Waals surface area contributed by atoms with Crippen LogP contribution in [0.3, 0.4) is 0 Å². The third-order valence-electron chi connectivity index (χ3n) is 3.98. The van der Waals surface area contributed by atoms with Crippen molar-refractivity contribution in [3.8, 4) is 5.75 Å². The lowest BCUT2D eigenvalue weighted by atomic mass is 10.0. The number of ether oxygens (including phenoxy) is 1. The van der Waals surface area contributed by atoms with Gasteiger partial charge >= 0.3 is 6.03 Å². The maximum atomic E-state index is 12.0. The van der Waals surface area contributed by atoms with Gasteiger partial charge in [-0.25, -0.2) is 10.2 Å². The predicted molar refractivity (Wildman–Crippen MR) is 106 cm³/mol. The zero-order valence-corrected chi connectivity index (χ0v) is 14.8. The summed E-state index contributed by atoms with van der Waals surface area (Å²) in [6, 6.07) is 19.0. The highest BCUT2D eigenvalue weighted by atomic mass is 16.5. The van der Waals surface area contributed by atoms with Crippen LogP contribution in [-0.2, 0) is 0 Å². The summed E-state index contributed by atoms with van der Waals surface area (Å²) >= 11 is 0. The molecule has 0 radical (unpaired) electrons. The van der Waals surface area contributed by atoms with Crippen molar-refractivity contribution >= 4 is 28.7 Å². The van der Waals surface area contributed by atoms with Gasteiger partial charge in [0.15, 0.2) is 0 Å². The molecule has 26 heavy (non-hydrogen) atoms. The smallest absolute Gasteiger partial charge is 0.339 e. The van der Waals surface area contributed by atoms with Gasteiger partial charge in [-0.2, -0.15) is 5.10 Å². The molecule has 3 aromatic carbocycles. The Bertz CT molecular complexity index is 951. The molecule has 0 saturated heterocycles. The van der Waals surface area contributed by atoms with E-state index in [1.165, 1.54) is 0 Å². The number of benzene rings is 3. The van der Waals surface area contributed by atoms with Gasteiger partial charge in [-0.15, -0.1) is 0 Å². The van der Waals surface area contributed by atoms with Crippen molar-refractivity contribution < 1.29 is 9.53 Å². The maximum absolute atomic E-state index is 12.0. The Morgan fingerprint density at radius 3 is 2.54 bits per heavy atom. The highest BCUT2D eigenvalue weighted by Gasteiger charge is 2.06. The highest BCUT2D eigenvalue weighted by molar-refractivity contribution is 6.02. The van der Waals surface area contributed by atoms with E-state index < -0.39 is 0 Å². The molecule has 0 bridgehead atoms. The van der Waals surface area contributed by atoms with Crippen molar-refractivity contribution in [2.75, 3.05) is 11.9 Å². The van der Waals surface area contributed by atoms with Crippen molar-refractivity contribution in [2.24, 2.45) is 5.10 Å². The summed E-state index contributed by atoms with van der Waals surface area (Å²) in [5.74, 6) is 0.838. The van der Waals surface area contributed by atoms with E-state index in [9.17, 15) is 4.79 Å². The Balaban J connectivity index is 1.74. The Morgan fingerprint density at radius 1 is 1.04 bits per heavy atom. The van der Waals surface area contributed by atoms with Crippen LogP contribution in [0.2, 0.25) is 0 Å². The largest absolute Gasteiger partial charge is 0.493 e. The van der Waals surface area contributed by atoms with Gasteiger partial charge in [0.25, 0.3) is 0 Å². The summed E-state index contributed by atoms with van der Waals surface area (Å²) in [5.41, 5.74) is 5.15. The molecular weight excluding hydrogens is 326 g/mol. The molecule has 0 unspecified atom stereocenters. The standard InChI is InChI=1S/C21H21N3O2/c1-3-26-20-13-12-16(17-9-5-6-10-18(17)20)14-22-24-21(25)23-19-11-7-4-8-15(19)2/h4-14H,3H2,1-2H3,(H2,23,24,25). The van der Waals surface area contributed by atoms with Crippen LogP contribution >= 0.6 is 0 Å². The first-order valence-electron chi connectivity index (χ1n) is 8.49. The van der Waals surface area contributed by atoms with E-state index in [1.54, 1.807) is 6.21 Å². The fourth-order valence-corrected chi connectivity index (χ4v) is 2.71. The van der Waals surface area contributed by atoms with Gasteiger partial charge in [0.2, 0.25) is 0 Å². The molecule has 3 aromatic rings. The van der Waals surface area contributed by atoms with E-state index in [4.69, 9.17) is 4.74 Å². The number of anilines is 1. The zero-order valence-electron chi connectivity index (χ0n) is 14.8. The third kappa shape index (κ3) is 4.00. The van der Waals surface area contributed by atoms with Crippen LogP contribution in [0.5, 0.6) is 5.75 Å². The lowest BCUT2D eigenvalue weighted by Crippen LogP contribution is -2.24. The van der Waals surface area contributed by atoms with Gasteiger partial charge < -0.3 is 10.1 Å². The summed E-state index contributed by atoms with van der Waals surface area (Å²) in [6.45, 7) is 4.50. The summed E-state index contributed by atoms with van der Waals surface area (Å²) < 4.78 is 5.67. The molecular formula is C21H21N3O2. The molecule has 0 aliphatic carbocycles.